The van der Waals surface area contributed by atoms with Gasteiger partial charge in [0.25, 0.3) is 5.91 Å². The first kappa shape index (κ1) is 24.1. The largest absolute Gasteiger partial charge is 0.420 e. The van der Waals surface area contributed by atoms with Crippen LogP contribution >= 0.6 is 11.8 Å². The first-order valence-corrected chi connectivity index (χ1v) is 12.7. The first-order chi connectivity index (χ1) is 17.4. The third-order valence-electron chi connectivity index (χ3n) is 6.50. The van der Waals surface area contributed by atoms with Gasteiger partial charge in [-0.05, 0) is 29.7 Å². The number of ether oxygens (including phenoxy) is 2. The Kier molecular flexibility index (Phi) is 6.59. The standard InChI is InChI=1S/C27H27N3O5S/c1-17(14-34-3)28-16-30(29-13-12-22(32)26(35-18(2)31)25(29)27(28)33)24-20-9-5-4-8-19(20)15-36-23-11-7-6-10-21(23)24/h4-13,17,24H,14-16H2,1-3H3/t17-,24?/m0/s1. The molecule has 9 heteroatoms. The lowest BCUT2D eigenvalue weighted by Crippen LogP contribution is -2.58. The van der Waals surface area contributed by atoms with E-state index in [1.165, 1.54) is 18.6 Å². The molecule has 0 bridgehead atoms. The van der Waals surface area contributed by atoms with Gasteiger partial charge < -0.3 is 14.4 Å². The van der Waals surface area contributed by atoms with Crippen molar-refractivity contribution in [3.8, 4) is 5.75 Å². The Morgan fingerprint density at radius 1 is 1.08 bits per heavy atom. The Hall–Kier alpha value is -3.56. The Morgan fingerprint density at radius 3 is 2.56 bits per heavy atom. The highest BCUT2D eigenvalue weighted by Gasteiger charge is 2.40. The van der Waals surface area contributed by atoms with E-state index in [0.29, 0.717) is 6.61 Å². The van der Waals surface area contributed by atoms with Crippen molar-refractivity contribution in [2.45, 2.75) is 36.6 Å². The summed E-state index contributed by atoms with van der Waals surface area (Å²) in [6, 6.07) is 17.3. The van der Waals surface area contributed by atoms with E-state index in [1.807, 2.05) is 31.2 Å². The van der Waals surface area contributed by atoms with E-state index in [0.717, 1.165) is 21.8 Å². The van der Waals surface area contributed by atoms with Crippen molar-refractivity contribution in [1.82, 2.24) is 9.58 Å². The van der Waals surface area contributed by atoms with E-state index >= 15 is 0 Å². The molecule has 5 rings (SSSR count). The molecule has 0 spiro atoms. The van der Waals surface area contributed by atoms with Gasteiger partial charge in [-0.2, -0.15) is 0 Å². The van der Waals surface area contributed by atoms with Crippen molar-refractivity contribution < 1.29 is 19.1 Å². The molecule has 1 amide bonds. The number of carbonyl (C=O) groups excluding carboxylic acids is 2. The van der Waals surface area contributed by atoms with E-state index in [2.05, 4.69) is 29.3 Å². The fourth-order valence-electron chi connectivity index (χ4n) is 4.88. The minimum absolute atomic E-state index is 0.0266. The van der Waals surface area contributed by atoms with Crippen LogP contribution in [0, 0.1) is 0 Å². The summed E-state index contributed by atoms with van der Waals surface area (Å²) in [5, 5.41) is 2.05. The molecule has 3 heterocycles. The Morgan fingerprint density at radius 2 is 1.81 bits per heavy atom. The second-order valence-corrected chi connectivity index (χ2v) is 9.90. The van der Waals surface area contributed by atoms with Gasteiger partial charge in [-0.3, -0.25) is 24.1 Å². The average molecular weight is 506 g/mol. The highest BCUT2D eigenvalue weighted by Crippen LogP contribution is 2.43. The van der Waals surface area contributed by atoms with E-state index in [4.69, 9.17) is 9.47 Å². The third-order valence-corrected chi connectivity index (χ3v) is 7.64. The monoisotopic (exact) mass is 505 g/mol. The Balaban J connectivity index is 1.77. The minimum atomic E-state index is -0.663. The van der Waals surface area contributed by atoms with Gasteiger partial charge in [0.15, 0.2) is 5.69 Å². The number of aromatic nitrogens is 1. The summed E-state index contributed by atoms with van der Waals surface area (Å²) >= 11 is 1.78. The van der Waals surface area contributed by atoms with Crippen molar-refractivity contribution in [3.63, 3.8) is 0 Å². The number of fused-ring (bicyclic) bond motifs is 3. The van der Waals surface area contributed by atoms with Gasteiger partial charge in [0.05, 0.1) is 18.7 Å². The van der Waals surface area contributed by atoms with Crippen LogP contribution in [0.1, 0.15) is 47.1 Å². The van der Waals surface area contributed by atoms with Crippen molar-refractivity contribution in [2.75, 3.05) is 25.4 Å². The van der Waals surface area contributed by atoms with Crippen LogP contribution in [0.3, 0.4) is 0 Å². The molecule has 0 aliphatic carbocycles. The first-order valence-electron chi connectivity index (χ1n) is 11.7. The van der Waals surface area contributed by atoms with Crippen LogP contribution < -0.4 is 15.2 Å². The van der Waals surface area contributed by atoms with Crippen LogP contribution in [-0.4, -0.2) is 47.9 Å². The number of pyridine rings is 1. The number of amides is 1. The maximum atomic E-state index is 13.8. The van der Waals surface area contributed by atoms with Crippen molar-refractivity contribution >= 4 is 23.6 Å². The second-order valence-electron chi connectivity index (χ2n) is 8.88. The van der Waals surface area contributed by atoms with Crippen molar-refractivity contribution in [3.05, 3.63) is 93.4 Å². The number of carbonyl (C=O) groups is 2. The maximum absolute atomic E-state index is 13.8. The van der Waals surface area contributed by atoms with Crippen LogP contribution in [0.4, 0.5) is 0 Å². The van der Waals surface area contributed by atoms with Crippen LogP contribution in [0.5, 0.6) is 5.75 Å². The number of hydrogen-bond donors (Lipinski definition) is 0. The number of esters is 1. The van der Waals surface area contributed by atoms with Gasteiger partial charge in [-0.25, -0.2) is 0 Å². The molecule has 0 fully saturated rings. The van der Waals surface area contributed by atoms with Gasteiger partial charge in [0.2, 0.25) is 11.2 Å². The van der Waals surface area contributed by atoms with Gasteiger partial charge in [0, 0.05) is 36.9 Å². The average Bonchev–Trinajstić information content (AvgIpc) is 3.03. The summed E-state index contributed by atoms with van der Waals surface area (Å²) in [5.41, 5.74) is 2.91. The topological polar surface area (TPSA) is 81.1 Å². The lowest BCUT2D eigenvalue weighted by atomic mass is 9.94. The molecule has 186 valence electrons. The highest BCUT2D eigenvalue weighted by molar-refractivity contribution is 7.98. The molecule has 0 saturated carbocycles. The molecule has 36 heavy (non-hydrogen) atoms. The molecule has 3 aromatic rings. The summed E-state index contributed by atoms with van der Waals surface area (Å²) < 4.78 is 12.3. The predicted molar refractivity (Wildman–Crippen MR) is 137 cm³/mol. The van der Waals surface area contributed by atoms with Gasteiger partial charge in [-0.1, -0.05) is 42.5 Å². The molecule has 0 saturated heterocycles. The SMILES string of the molecule is COC[C@H](C)N1CN(C2c3ccccc3CSc3ccccc32)n2ccc(=O)c(OC(C)=O)c2C1=O. The summed E-state index contributed by atoms with van der Waals surface area (Å²) in [6.07, 6.45) is 1.59. The number of hydrogen-bond acceptors (Lipinski definition) is 7. The summed E-state index contributed by atoms with van der Waals surface area (Å²) in [4.78, 5) is 41.3. The molecule has 2 aliphatic rings. The van der Waals surface area contributed by atoms with Gasteiger partial charge in [0.1, 0.15) is 6.67 Å². The normalized spacial score (nSPS) is 17.5. The molecule has 2 aliphatic heterocycles. The maximum Gasteiger partial charge on any atom is 0.308 e. The summed E-state index contributed by atoms with van der Waals surface area (Å²) in [7, 11) is 1.58. The molecule has 8 nitrogen and oxygen atoms in total. The van der Waals surface area contributed by atoms with E-state index in [9.17, 15) is 14.4 Å². The van der Waals surface area contributed by atoms with E-state index in [-0.39, 0.29) is 30.2 Å². The molecular weight excluding hydrogens is 478 g/mol. The van der Waals surface area contributed by atoms with E-state index < -0.39 is 17.3 Å². The zero-order chi connectivity index (χ0) is 25.4. The molecule has 0 radical (unpaired) electrons. The fourth-order valence-corrected chi connectivity index (χ4v) is 5.97. The lowest BCUT2D eigenvalue weighted by Gasteiger charge is -2.46. The Labute approximate surface area is 213 Å². The highest BCUT2D eigenvalue weighted by atomic mass is 32.2. The van der Waals surface area contributed by atoms with Crippen molar-refractivity contribution in [1.29, 1.82) is 0 Å². The van der Waals surface area contributed by atoms with Crippen molar-refractivity contribution in [2.24, 2.45) is 0 Å². The third kappa shape index (κ3) is 4.18. The number of nitrogens with zero attached hydrogens (tertiary/aromatic N) is 3. The second kappa shape index (κ2) is 9.83. The summed E-state index contributed by atoms with van der Waals surface area (Å²) in [5.74, 6) is -0.507. The predicted octanol–water partition coefficient (Wildman–Crippen LogP) is 3.56. The molecule has 2 atom stereocenters. The molecular formula is C27H27N3O5S. The number of rotatable bonds is 5. The van der Waals surface area contributed by atoms with Gasteiger partial charge >= 0.3 is 5.97 Å². The zero-order valence-electron chi connectivity index (χ0n) is 20.3. The number of benzene rings is 2. The fraction of sp³-hybridized carbons (Fsp3) is 0.296. The molecule has 1 aromatic heterocycles. The van der Waals surface area contributed by atoms with Crippen LogP contribution in [0.25, 0.3) is 0 Å². The Bertz CT molecular complexity index is 1340. The lowest BCUT2D eigenvalue weighted by molar-refractivity contribution is -0.132. The van der Waals surface area contributed by atoms with Crippen LogP contribution in [0.2, 0.25) is 0 Å². The molecule has 2 aromatic carbocycles. The molecule has 0 N–H and O–H groups in total. The van der Waals surface area contributed by atoms with Crippen LogP contribution in [-0.2, 0) is 15.3 Å². The minimum Gasteiger partial charge on any atom is -0.420 e. The quantitative estimate of drug-likeness (QED) is 0.491. The summed E-state index contributed by atoms with van der Waals surface area (Å²) in [6.45, 7) is 3.67. The van der Waals surface area contributed by atoms with Gasteiger partial charge in [-0.15, -0.1) is 11.8 Å². The van der Waals surface area contributed by atoms with E-state index in [1.54, 1.807) is 34.6 Å². The van der Waals surface area contributed by atoms with Crippen LogP contribution in [0.15, 0.2) is 70.5 Å². The zero-order valence-corrected chi connectivity index (χ0v) is 21.2. The number of methoxy groups -OCH3 is 1. The molecule has 1 unspecified atom stereocenters. The smallest absolute Gasteiger partial charge is 0.308 e. The number of thioether (sulfide) groups is 1.